The molecule has 0 unspecified atom stereocenters. The van der Waals surface area contributed by atoms with Crippen LogP contribution in [-0.2, 0) is 6.42 Å². The van der Waals surface area contributed by atoms with E-state index in [1.165, 1.54) is 5.56 Å². The third-order valence-corrected chi connectivity index (χ3v) is 3.88. The van der Waals surface area contributed by atoms with Gasteiger partial charge in [-0.2, -0.15) is 0 Å². The van der Waals surface area contributed by atoms with Crippen molar-refractivity contribution in [1.29, 1.82) is 0 Å². The number of Topliss-reactive ketones (excluding diaryl/α,β-unsaturated/α-hetero) is 1. The van der Waals surface area contributed by atoms with Crippen molar-refractivity contribution in [2.45, 2.75) is 33.1 Å². The first kappa shape index (κ1) is 12.3. The van der Waals surface area contributed by atoms with Gasteiger partial charge in [-0.25, -0.2) is 0 Å². The second-order valence-electron chi connectivity index (χ2n) is 5.19. The van der Waals surface area contributed by atoms with Crippen molar-refractivity contribution >= 4 is 5.78 Å². The third kappa shape index (κ3) is 2.58. The highest BCUT2D eigenvalue weighted by atomic mass is 16.1. The lowest BCUT2D eigenvalue weighted by Gasteiger charge is -2.32. The van der Waals surface area contributed by atoms with Crippen LogP contribution in [0.2, 0.25) is 0 Å². The zero-order chi connectivity index (χ0) is 12.3. The molecule has 1 saturated heterocycles. The maximum Gasteiger partial charge on any atom is 0.168 e. The van der Waals surface area contributed by atoms with Crippen LogP contribution >= 0.6 is 0 Å². The number of carbonyl (C=O) groups excluding carboxylic acids is 1. The normalized spacial score (nSPS) is 18.9. The van der Waals surface area contributed by atoms with Gasteiger partial charge in [0.05, 0.1) is 0 Å². The van der Waals surface area contributed by atoms with E-state index < -0.39 is 0 Å². The highest BCUT2D eigenvalue weighted by Crippen LogP contribution is 2.32. The Balaban J connectivity index is 2.17. The molecule has 0 aromatic heterocycles. The van der Waals surface area contributed by atoms with E-state index in [1.54, 1.807) is 0 Å². The molecule has 0 atom stereocenters. The Morgan fingerprint density at radius 3 is 2.35 bits per heavy atom. The van der Waals surface area contributed by atoms with Crippen LogP contribution in [0.25, 0.3) is 0 Å². The quantitative estimate of drug-likeness (QED) is 0.810. The van der Waals surface area contributed by atoms with Gasteiger partial charge in [-0.05, 0) is 37.9 Å². The van der Waals surface area contributed by atoms with Crippen molar-refractivity contribution in [2.24, 2.45) is 5.41 Å². The molecule has 2 rings (SSSR count). The molecule has 1 aliphatic heterocycles. The summed E-state index contributed by atoms with van der Waals surface area (Å²) in [5.74, 6) is 0.307. The van der Waals surface area contributed by atoms with E-state index >= 15 is 0 Å². The van der Waals surface area contributed by atoms with E-state index in [9.17, 15) is 4.79 Å². The monoisotopic (exact) mass is 231 g/mol. The number of rotatable bonds is 3. The Bertz CT molecular complexity index is 388. The molecule has 0 amide bonds. The number of benzene rings is 1. The van der Waals surface area contributed by atoms with E-state index in [0.717, 1.165) is 37.9 Å². The minimum Gasteiger partial charge on any atom is -0.317 e. The fraction of sp³-hybridized carbons (Fsp3) is 0.533. The Hall–Kier alpha value is -1.15. The summed E-state index contributed by atoms with van der Waals surface area (Å²) in [6, 6.07) is 8.10. The Morgan fingerprint density at radius 1 is 1.24 bits per heavy atom. The van der Waals surface area contributed by atoms with Gasteiger partial charge in [-0.1, -0.05) is 38.1 Å². The molecule has 1 fully saturated rings. The molecule has 1 N–H and O–H groups in total. The van der Waals surface area contributed by atoms with Crippen molar-refractivity contribution in [1.82, 2.24) is 5.32 Å². The van der Waals surface area contributed by atoms with Crippen molar-refractivity contribution < 1.29 is 4.79 Å². The average molecular weight is 231 g/mol. The maximum absolute atomic E-state index is 12.5. The number of carbonyl (C=O) groups is 1. The summed E-state index contributed by atoms with van der Waals surface area (Å²) in [7, 11) is 0. The number of hydrogen-bond donors (Lipinski definition) is 1. The molecule has 0 bridgehead atoms. The summed E-state index contributed by atoms with van der Waals surface area (Å²) in [5.41, 5.74) is 1.99. The van der Waals surface area contributed by atoms with Gasteiger partial charge >= 0.3 is 0 Å². The van der Waals surface area contributed by atoms with Crippen molar-refractivity contribution in [3.05, 3.63) is 35.4 Å². The zero-order valence-electron chi connectivity index (χ0n) is 10.8. The molecule has 0 saturated carbocycles. The summed E-state index contributed by atoms with van der Waals surface area (Å²) >= 11 is 0. The lowest BCUT2D eigenvalue weighted by molar-refractivity contribution is 0.0762. The van der Waals surface area contributed by atoms with E-state index in [4.69, 9.17) is 0 Å². The number of hydrogen-bond acceptors (Lipinski definition) is 2. The molecule has 17 heavy (non-hydrogen) atoms. The molecule has 1 aromatic carbocycles. The van der Waals surface area contributed by atoms with Crippen LogP contribution in [0.4, 0.5) is 0 Å². The van der Waals surface area contributed by atoms with E-state index in [-0.39, 0.29) is 5.41 Å². The maximum atomic E-state index is 12.5. The van der Waals surface area contributed by atoms with E-state index in [1.807, 2.05) is 12.1 Å². The number of nitrogens with one attached hydrogen (secondary N) is 1. The summed E-state index contributed by atoms with van der Waals surface area (Å²) in [6.45, 7) is 6.14. The first-order valence-corrected chi connectivity index (χ1v) is 6.50. The van der Waals surface area contributed by atoms with Gasteiger partial charge in [0.15, 0.2) is 5.78 Å². The van der Waals surface area contributed by atoms with Crippen LogP contribution in [-0.4, -0.2) is 18.9 Å². The van der Waals surface area contributed by atoms with Gasteiger partial charge in [0.2, 0.25) is 0 Å². The fourth-order valence-electron chi connectivity index (χ4n) is 2.45. The van der Waals surface area contributed by atoms with Crippen LogP contribution in [0.15, 0.2) is 24.3 Å². The molecule has 0 radical (unpaired) electrons. The molecule has 2 heteroatoms. The van der Waals surface area contributed by atoms with Crippen LogP contribution < -0.4 is 5.32 Å². The van der Waals surface area contributed by atoms with Crippen molar-refractivity contribution in [3.63, 3.8) is 0 Å². The topological polar surface area (TPSA) is 29.1 Å². The predicted octanol–water partition coefficient (Wildman–Crippen LogP) is 2.82. The fourth-order valence-corrected chi connectivity index (χ4v) is 2.45. The molecule has 0 spiro atoms. The third-order valence-electron chi connectivity index (χ3n) is 3.88. The Kier molecular flexibility index (Phi) is 3.63. The van der Waals surface area contributed by atoms with Gasteiger partial charge in [0.25, 0.3) is 0 Å². The van der Waals surface area contributed by atoms with Gasteiger partial charge in [0, 0.05) is 11.0 Å². The van der Waals surface area contributed by atoms with Gasteiger partial charge in [-0.15, -0.1) is 0 Å². The highest BCUT2D eigenvalue weighted by molar-refractivity contribution is 6.00. The summed E-state index contributed by atoms with van der Waals surface area (Å²) in [5, 5.41) is 3.31. The minimum absolute atomic E-state index is 0.168. The Labute approximate surface area is 103 Å². The second-order valence-corrected chi connectivity index (χ2v) is 5.19. The van der Waals surface area contributed by atoms with Crippen LogP contribution in [0.3, 0.4) is 0 Å². The highest BCUT2D eigenvalue weighted by Gasteiger charge is 2.34. The number of ketones is 1. The molecule has 1 aliphatic rings. The van der Waals surface area contributed by atoms with Crippen molar-refractivity contribution in [2.75, 3.05) is 13.1 Å². The lowest BCUT2D eigenvalue weighted by atomic mass is 9.75. The second kappa shape index (κ2) is 5.01. The summed E-state index contributed by atoms with van der Waals surface area (Å²) < 4.78 is 0. The molecule has 2 nitrogen and oxygen atoms in total. The summed E-state index contributed by atoms with van der Waals surface area (Å²) in [4.78, 5) is 12.5. The van der Waals surface area contributed by atoms with Crippen LogP contribution in [0.5, 0.6) is 0 Å². The molecule has 92 valence electrons. The summed E-state index contributed by atoms with van der Waals surface area (Å²) in [6.07, 6.45) is 2.92. The molecule has 0 aliphatic carbocycles. The van der Waals surface area contributed by atoms with Gasteiger partial charge in [0.1, 0.15) is 0 Å². The van der Waals surface area contributed by atoms with Crippen molar-refractivity contribution in [3.8, 4) is 0 Å². The first-order valence-electron chi connectivity index (χ1n) is 6.50. The predicted molar refractivity (Wildman–Crippen MR) is 70.4 cm³/mol. The molecular formula is C15H21NO. The molecule has 1 aromatic rings. The van der Waals surface area contributed by atoms with Gasteiger partial charge in [-0.3, -0.25) is 4.79 Å². The SMILES string of the molecule is CCc1ccc(C(=O)C2(C)CCNCC2)cc1. The van der Waals surface area contributed by atoms with Crippen LogP contribution in [0, 0.1) is 5.41 Å². The zero-order valence-corrected chi connectivity index (χ0v) is 10.8. The standard InChI is InChI=1S/C15H21NO/c1-3-12-4-6-13(7-5-12)14(17)15(2)8-10-16-11-9-15/h4-7,16H,3,8-11H2,1-2H3. The smallest absolute Gasteiger partial charge is 0.168 e. The van der Waals surface area contributed by atoms with E-state index in [0.29, 0.717) is 5.78 Å². The molecule has 1 heterocycles. The first-order chi connectivity index (χ1) is 8.15. The number of piperidine rings is 1. The minimum atomic E-state index is -0.168. The van der Waals surface area contributed by atoms with E-state index in [2.05, 4.69) is 31.3 Å². The average Bonchev–Trinajstić information content (AvgIpc) is 2.39. The lowest BCUT2D eigenvalue weighted by Crippen LogP contribution is -2.40. The Morgan fingerprint density at radius 2 is 1.82 bits per heavy atom. The van der Waals surface area contributed by atoms with Gasteiger partial charge < -0.3 is 5.32 Å². The van der Waals surface area contributed by atoms with Crippen LogP contribution in [0.1, 0.15) is 42.6 Å². The molecular weight excluding hydrogens is 210 g/mol. The number of aryl methyl sites for hydroxylation is 1. The largest absolute Gasteiger partial charge is 0.317 e.